The van der Waals surface area contributed by atoms with Crippen molar-refractivity contribution >= 4 is 82.7 Å². The molecule has 1 N–H and O–H groups in total. The minimum absolute atomic E-state index is 0.231. The molecule has 0 fully saturated rings. The van der Waals surface area contributed by atoms with Crippen molar-refractivity contribution < 1.29 is 4.79 Å². The van der Waals surface area contributed by atoms with Crippen LogP contribution in [-0.2, 0) is 4.79 Å². The summed E-state index contributed by atoms with van der Waals surface area (Å²) >= 11 is 14.6. The number of thiazole rings is 1. The fourth-order valence-electron chi connectivity index (χ4n) is 2.77. The average molecular weight is 549 g/mol. The van der Waals surface area contributed by atoms with E-state index in [0.29, 0.717) is 10.7 Å². The Morgan fingerprint density at radius 2 is 1.83 bits per heavy atom. The minimum Gasteiger partial charge on any atom is -0.321 e. The average Bonchev–Trinajstić information content (AvgIpc) is 3.13. The van der Waals surface area contributed by atoms with Crippen molar-refractivity contribution in [3.63, 3.8) is 0 Å². The maximum absolute atomic E-state index is 12.6. The maximum Gasteiger partial charge on any atom is 0.248 e. The number of amides is 1. The van der Waals surface area contributed by atoms with Crippen molar-refractivity contribution in [1.82, 2.24) is 4.98 Å². The summed E-state index contributed by atoms with van der Waals surface area (Å²) in [7, 11) is 0. The number of fused-ring (bicyclic) bond motifs is 1. The molecule has 7 heteroatoms. The van der Waals surface area contributed by atoms with E-state index in [4.69, 9.17) is 16.6 Å². The van der Waals surface area contributed by atoms with E-state index >= 15 is 0 Å². The molecule has 0 aliphatic heterocycles. The van der Waals surface area contributed by atoms with E-state index in [2.05, 4.69) is 37.2 Å². The Balaban J connectivity index is 1.66. The zero-order valence-corrected chi connectivity index (χ0v) is 19.6. The molecule has 0 aliphatic rings. The van der Waals surface area contributed by atoms with Gasteiger partial charge in [0.1, 0.15) is 5.01 Å². The van der Waals surface area contributed by atoms with Gasteiger partial charge in [0.25, 0.3) is 0 Å². The monoisotopic (exact) mass is 546 g/mol. The third-order valence-corrected chi connectivity index (χ3v) is 6.53. The highest BCUT2D eigenvalue weighted by molar-refractivity contribution is 9.11. The molecule has 29 heavy (non-hydrogen) atoms. The molecule has 4 rings (SSSR count). The van der Waals surface area contributed by atoms with Crippen LogP contribution in [0.2, 0.25) is 5.02 Å². The number of carbonyl (C=O) groups excluding carboxylic acids is 1. The highest BCUT2D eigenvalue weighted by atomic mass is 79.9. The predicted octanol–water partition coefficient (Wildman–Crippen LogP) is 7.79. The molecule has 0 atom stereocenters. The summed E-state index contributed by atoms with van der Waals surface area (Å²) in [5.74, 6) is -0.231. The van der Waals surface area contributed by atoms with E-state index in [0.717, 1.165) is 35.3 Å². The summed E-state index contributed by atoms with van der Waals surface area (Å²) < 4.78 is 2.77. The van der Waals surface area contributed by atoms with Gasteiger partial charge in [0.05, 0.1) is 15.9 Å². The molecular weight excluding hydrogens is 536 g/mol. The normalized spacial score (nSPS) is 11.3. The van der Waals surface area contributed by atoms with E-state index in [9.17, 15) is 4.79 Å². The van der Waals surface area contributed by atoms with Crippen LogP contribution in [0.4, 0.5) is 5.69 Å². The van der Waals surface area contributed by atoms with Gasteiger partial charge in [-0.2, -0.15) is 0 Å². The molecular formula is C22H13Br2ClN2OS. The minimum atomic E-state index is -0.231. The summed E-state index contributed by atoms with van der Waals surface area (Å²) in [5.41, 5.74) is 3.35. The van der Waals surface area contributed by atoms with Crippen molar-refractivity contribution in [2.75, 3.05) is 5.32 Å². The van der Waals surface area contributed by atoms with Crippen LogP contribution in [0.1, 0.15) is 5.56 Å². The van der Waals surface area contributed by atoms with Gasteiger partial charge >= 0.3 is 0 Å². The van der Waals surface area contributed by atoms with Crippen molar-refractivity contribution in [1.29, 1.82) is 0 Å². The Bertz CT molecular complexity index is 1200. The van der Waals surface area contributed by atoms with E-state index in [1.54, 1.807) is 29.5 Å². The fourth-order valence-corrected chi connectivity index (χ4v) is 5.21. The third-order valence-electron chi connectivity index (χ3n) is 4.12. The van der Waals surface area contributed by atoms with Gasteiger partial charge < -0.3 is 5.32 Å². The number of hydrogen-bond acceptors (Lipinski definition) is 3. The van der Waals surface area contributed by atoms with Crippen LogP contribution in [0, 0.1) is 0 Å². The highest BCUT2D eigenvalue weighted by Crippen LogP contribution is 2.40. The van der Waals surface area contributed by atoms with Crippen LogP contribution in [0.15, 0.2) is 75.7 Å². The number of anilines is 1. The summed E-state index contributed by atoms with van der Waals surface area (Å²) in [5, 5.41) is 4.47. The summed E-state index contributed by atoms with van der Waals surface area (Å²) in [6.07, 6.45) is 3.25. The van der Waals surface area contributed by atoms with Gasteiger partial charge in [-0.25, -0.2) is 4.98 Å². The molecule has 144 valence electrons. The molecule has 4 aromatic rings. The van der Waals surface area contributed by atoms with Gasteiger partial charge in [0.2, 0.25) is 5.91 Å². The molecule has 0 saturated carbocycles. The zero-order chi connectivity index (χ0) is 20.4. The Morgan fingerprint density at radius 3 is 2.59 bits per heavy atom. The number of carbonyl (C=O) groups is 1. The van der Waals surface area contributed by atoms with E-state index in [1.807, 2.05) is 48.5 Å². The number of hydrogen-bond donors (Lipinski definition) is 1. The molecule has 1 aromatic heterocycles. The largest absolute Gasteiger partial charge is 0.321 e. The standard InChI is InChI=1S/C22H13Br2ClN2OS/c23-14-11-16(22-26-18-3-1-2-4-19(18)29-22)21(17(24)12-14)27-20(28)10-7-13-5-8-15(25)9-6-13/h1-12H,(H,27,28)/b10-7+. The number of para-hydroxylation sites is 1. The van der Waals surface area contributed by atoms with E-state index in [1.165, 1.54) is 6.08 Å². The summed E-state index contributed by atoms with van der Waals surface area (Å²) in [4.78, 5) is 17.3. The quantitative estimate of drug-likeness (QED) is 0.265. The van der Waals surface area contributed by atoms with Crippen molar-refractivity contribution in [3.8, 4) is 10.6 Å². The molecule has 1 amide bonds. The molecule has 0 bridgehead atoms. The van der Waals surface area contributed by atoms with Gasteiger partial charge in [0, 0.05) is 25.6 Å². The lowest BCUT2D eigenvalue weighted by Gasteiger charge is -2.11. The number of rotatable bonds is 4. The predicted molar refractivity (Wildman–Crippen MR) is 130 cm³/mol. The van der Waals surface area contributed by atoms with E-state index in [-0.39, 0.29) is 5.91 Å². The molecule has 0 spiro atoms. The molecule has 0 radical (unpaired) electrons. The Labute approximate surface area is 193 Å². The van der Waals surface area contributed by atoms with Crippen LogP contribution in [0.3, 0.4) is 0 Å². The van der Waals surface area contributed by atoms with Crippen molar-refractivity contribution in [2.24, 2.45) is 0 Å². The van der Waals surface area contributed by atoms with Crippen molar-refractivity contribution in [3.05, 3.63) is 86.3 Å². The van der Waals surface area contributed by atoms with Crippen LogP contribution < -0.4 is 5.32 Å². The Hall–Kier alpha value is -1.99. The van der Waals surface area contributed by atoms with Gasteiger partial charge in [-0.15, -0.1) is 11.3 Å². The molecule has 0 aliphatic carbocycles. The molecule has 0 unspecified atom stereocenters. The molecule has 3 aromatic carbocycles. The van der Waals surface area contributed by atoms with Gasteiger partial charge in [0.15, 0.2) is 0 Å². The van der Waals surface area contributed by atoms with Gasteiger partial charge in [-0.1, -0.05) is 51.8 Å². The molecule has 3 nitrogen and oxygen atoms in total. The van der Waals surface area contributed by atoms with Crippen LogP contribution in [-0.4, -0.2) is 10.9 Å². The highest BCUT2D eigenvalue weighted by Gasteiger charge is 2.16. The maximum atomic E-state index is 12.6. The Kier molecular flexibility index (Phi) is 6.15. The molecule has 1 heterocycles. The lowest BCUT2D eigenvalue weighted by molar-refractivity contribution is -0.111. The number of nitrogens with one attached hydrogen (secondary N) is 1. The van der Waals surface area contributed by atoms with Gasteiger partial charge in [-0.3, -0.25) is 4.79 Å². The van der Waals surface area contributed by atoms with Gasteiger partial charge in [-0.05, 0) is 64.0 Å². The first kappa shape index (κ1) is 20.3. The number of halogens is 3. The lowest BCUT2D eigenvalue weighted by atomic mass is 10.1. The second-order valence-corrected chi connectivity index (χ2v) is 9.41. The third kappa shape index (κ3) is 4.78. The topological polar surface area (TPSA) is 42.0 Å². The van der Waals surface area contributed by atoms with Crippen molar-refractivity contribution in [2.45, 2.75) is 0 Å². The smallest absolute Gasteiger partial charge is 0.248 e. The first-order valence-electron chi connectivity index (χ1n) is 8.59. The second kappa shape index (κ2) is 8.79. The SMILES string of the molecule is O=C(/C=C/c1ccc(Cl)cc1)Nc1c(Br)cc(Br)cc1-c1nc2ccccc2s1. The summed E-state index contributed by atoms with van der Waals surface area (Å²) in [6, 6.07) is 19.1. The zero-order valence-electron chi connectivity index (χ0n) is 14.8. The van der Waals surface area contributed by atoms with E-state index < -0.39 is 0 Å². The number of aromatic nitrogens is 1. The number of nitrogens with zero attached hydrogens (tertiary/aromatic N) is 1. The van der Waals surface area contributed by atoms with Crippen LogP contribution in [0.25, 0.3) is 26.9 Å². The lowest BCUT2D eigenvalue weighted by Crippen LogP contribution is -2.09. The van der Waals surface area contributed by atoms with Crippen LogP contribution in [0.5, 0.6) is 0 Å². The van der Waals surface area contributed by atoms with Crippen LogP contribution >= 0.6 is 54.8 Å². The second-order valence-electron chi connectivity index (χ2n) is 6.17. The molecule has 0 saturated heterocycles. The fraction of sp³-hybridized carbons (Fsp3) is 0. The first-order valence-corrected chi connectivity index (χ1v) is 11.4. The number of benzene rings is 3. The Morgan fingerprint density at radius 1 is 1.07 bits per heavy atom. The summed E-state index contributed by atoms with van der Waals surface area (Å²) in [6.45, 7) is 0. The first-order chi connectivity index (χ1) is 14.0.